The molecule has 0 atom stereocenters. The number of nitro groups is 1. The molecule has 0 saturated heterocycles. The number of aromatic nitrogens is 2. The fourth-order valence-corrected chi connectivity index (χ4v) is 3.60. The van der Waals surface area contributed by atoms with Crippen molar-refractivity contribution < 1.29 is 9.72 Å². The van der Waals surface area contributed by atoms with Crippen molar-refractivity contribution in [2.75, 3.05) is 5.32 Å². The van der Waals surface area contributed by atoms with Crippen LogP contribution in [0, 0.1) is 44.7 Å². The lowest BCUT2D eigenvalue weighted by molar-refractivity contribution is -0.386. The molecule has 7 nitrogen and oxygen atoms in total. The molecule has 1 heterocycles. The van der Waals surface area contributed by atoms with Crippen LogP contribution >= 0.6 is 0 Å². The van der Waals surface area contributed by atoms with Crippen LogP contribution in [0.2, 0.25) is 0 Å². The Balaban J connectivity index is 1.76. The molecule has 0 aliphatic rings. The Morgan fingerprint density at radius 1 is 1.07 bits per heavy atom. The van der Waals surface area contributed by atoms with Crippen LogP contribution < -0.4 is 5.32 Å². The molecule has 7 heteroatoms. The number of hydrogen-bond acceptors (Lipinski definition) is 4. The van der Waals surface area contributed by atoms with Gasteiger partial charge in [-0.15, -0.1) is 0 Å². The first-order valence-electron chi connectivity index (χ1n) is 9.34. The summed E-state index contributed by atoms with van der Waals surface area (Å²) in [5, 5.41) is 18.4. The predicted octanol–water partition coefficient (Wildman–Crippen LogP) is 4.63. The van der Waals surface area contributed by atoms with E-state index in [1.54, 1.807) is 30.7 Å². The van der Waals surface area contributed by atoms with Crippen LogP contribution in [-0.4, -0.2) is 20.6 Å². The van der Waals surface area contributed by atoms with Crippen molar-refractivity contribution in [2.45, 2.75) is 41.2 Å². The van der Waals surface area contributed by atoms with E-state index >= 15 is 0 Å². The molecule has 1 amide bonds. The van der Waals surface area contributed by atoms with Crippen molar-refractivity contribution in [1.82, 2.24) is 9.78 Å². The van der Waals surface area contributed by atoms with E-state index in [2.05, 4.69) is 10.4 Å². The number of nitrogens with one attached hydrogen (secondary N) is 1. The number of carbonyl (C=O) groups is 1. The van der Waals surface area contributed by atoms with Crippen LogP contribution in [0.3, 0.4) is 0 Å². The summed E-state index contributed by atoms with van der Waals surface area (Å²) in [6.45, 7) is 9.70. The molecule has 0 aliphatic carbocycles. The first-order chi connectivity index (χ1) is 13.7. The molecule has 29 heavy (non-hydrogen) atoms. The number of hydrogen-bond donors (Lipinski definition) is 1. The van der Waals surface area contributed by atoms with Crippen molar-refractivity contribution in [3.8, 4) is 0 Å². The number of carbonyl (C=O) groups excluding carboxylic acids is 1. The van der Waals surface area contributed by atoms with Gasteiger partial charge in [0, 0.05) is 11.3 Å². The minimum atomic E-state index is -0.406. The molecule has 0 fully saturated rings. The summed E-state index contributed by atoms with van der Waals surface area (Å²) >= 11 is 0. The second-order valence-corrected chi connectivity index (χ2v) is 7.36. The van der Waals surface area contributed by atoms with Gasteiger partial charge in [0.1, 0.15) is 11.4 Å². The highest BCUT2D eigenvalue weighted by atomic mass is 16.6. The third kappa shape index (κ3) is 4.18. The Morgan fingerprint density at radius 2 is 1.66 bits per heavy atom. The van der Waals surface area contributed by atoms with E-state index in [0.717, 1.165) is 27.9 Å². The van der Waals surface area contributed by atoms with Crippen molar-refractivity contribution >= 4 is 17.3 Å². The van der Waals surface area contributed by atoms with E-state index < -0.39 is 4.92 Å². The van der Waals surface area contributed by atoms with Crippen LogP contribution in [0.25, 0.3) is 0 Å². The van der Waals surface area contributed by atoms with Crippen molar-refractivity contribution in [3.63, 3.8) is 0 Å². The third-order valence-electron chi connectivity index (χ3n) is 4.99. The summed E-state index contributed by atoms with van der Waals surface area (Å²) in [4.78, 5) is 23.4. The largest absolute Gasteiger partial charge is 0.322 e. The van der Waals surface area contributed by atoms with Gasteiger partial charge in [-0.1, -0.05) is 29.8 Å². The van der Waals surface area contributed by atoms with E-state index in [9.17, 15) is 14.9 Å². The first-order valence-corrected chi connectivity index (χ1v) is 9.34. The molecular formula is C22H24N4O3. The lowest BCUT2D eigenvalue weighted by atomic mass is 10.0. The Hall–Kier alpha value is -3.48. The highest BCUT2D eigenvalue weighted by Gasteiger charge is 2.21. The monoisotopic (exact) mass is 392 g/mol. The molecule has 3 rings (SSSR count). The molecular weight excluding hydrogens is 368 g/mol. The normalized spacial score (nSPS) is 10.8. The predicted molar refractivity (Wildman–Crippen MR) is 113 cm³/mol. The van der Waals surface area contributed by atoms with Crippen molar-refractivity contribution in [1.29, 1.82) is 0 Å². The average Bonchev–Trinajstić information content (AvgIpc) is 2.92. The van der Waals surface area contributed by atoms with Crippen LogP contribution in [0.4, 0.5) is 11.4 Å². The number of anilines is 1. The van der Waals surface area contributed by atoms with E-state index in [-0.39, 0.29) is 11.6 Å². The summed E-state index contributed by atoms with van der Waals surface area (Å²) in [5.74, 6) is -0.173. The van der Waals surface area contributed by atoms with Gasteiger partial charge in [-0.2, -0.15) is 5.10 Å². The highest BCUT2D eigenvalue weighted by Crippen LogP contribution is 2.24. The average molecular weight is 392 g/mol. The molecule has 0 bridgehead atoms. The van der Waals surface area contributed by atoms with E-state index in [4.69, 9.17) is 0 Å². The zero-order chi connectivity index (χ0) is 21.3. The van der Waals surface area contributed by atoms with E-state index in [1.165, 1.54) is 0 Å². The van der Waals surface area contributed by atoms with Crippen LogP contribution in [-0.2, 0) is 6.54 Å². The molecule has 3 aromatic rings. The Morgan fingerprint density at radius 3 is 2.17 bits per heavy atom. The summed E-state index contributed by atoms with van der Waals surface area (Å²) in [5.41, 5.74) is 6.46. The van der Waals surface area contributed by atoms with Gasteiger partial charge in [-0.05, 0) is 63.4 Å². The molecule has 0 radical (unpaired) electrons. The maximum absolute atomic E-state index is 12.6. The maximum Gasteiger partial charge on any atom is 0.312 e. The van der Waals surface area contributed by atoms with Crippen LogP contribution in [0.15, 0.2) is 36.4 Å². The number of nitrogens with zero attached hydrogens (tertiary/aromatic N) is 3. The van der Waals surface area contributed by atoms with Gasteiger partial charge in [0.25, 0.3) is 5.91 Å². The number of aryl methyl sites for hydroxylation is 4. The van der Waals surface area contributed by atoms with Crippen LogP contribution in [0.5, 0.6) is 0 Å². The standard InChI is InChI=1S/C22H24N4O3/c1-13-10-14(2)20(15(3)11-13)23-22(27)19-8-6-18(7-9-19)12-25-17(5)21(26(28)29)16(4)24-25/h6-11H,12H2,1-5H3,(H,23,27). The Kier molecular flexibility index (Phi) is 5.50. The zero-order valence-electron chi connectivity index (χ0n) is 17.2. The summed E-state index contributed by atoms with van der Waals surface area (Å²) in [6.07, 6.45) is 0. The van der Waals surface area contributed by atoms with Gasteiger partial charge in [0.05, 0.1) is 11.5 Å². The summed E-state index contributed by atoms with van der Waals surface area (Å²) in [6, 6.07) is 11.3. The molecule has 1 N–H and O–H groups in total. The zero-order valence-corrected chi connectivity index (χ0v) is 17.2. The number of amides is 1. The van der Waals surface area contributed by atoms with Crippen molar-refractivity contribution in [3.05, 3.63) is 85.7 Å². The molecule has 2 aromatic carbocycles. The van der Waals surface area contributed by atoms with Gasteiger partial charge >= 0.3 is 5.69 Å². The fraction of sp³-hybridized carbons (Fsp3) is 0.273. The first kappa shape index (κ1) is 20.3. The second-order valence-electron chi connectivity index (χ2n) is 7.36. The quantitative estimate of drug-likeness (QED) is 0.506. The molecule has 0 saturated carbocycles. The topological polar surface area (TPSA) is 90.1 Å². The number of benzene rings is 2. The van der Waals surface area contributed by atoms with Gasteiger partial charge in [0.2, 0.25) is 0 Å². The van der Waals surface area contributed by atoms with Gasteiger partial charge in [-0.3, -0.25) is 19.6 Å². The molecule has 0 aliphatic heterocycles. The van der Waals surface area contributed by atoms with Crippen LogP contribution in [0.1, 0.15) is 44.0 Å². The second kappa shape index (κ2) is 7.87. The van der Waals surface area contributed by atoms with Crippen molar-refractivity contribution in [2.24, 2.45) is 0 Å². The third-order valence-corrected chi connectivity index (χ3v) is 4.99. The number of rotatable bonds is 5. The Labute approximate surface area is 169 Å². The fourth-order valence-electron chi connectivity index (χ4n) is 3.60. The molecule has 1 aromatic heterocycles. The van der Waals surface area contributed by atoms with Gasteiger partial charge in [0.15, 0.2) is 0 Å². The van der Waals surface area contributed by atoms with Gasteiger partial charge < -0.3 is 5.32 Å². The minimum Gasteiger partial charge on any atom is -0.322 e. The molecule has 0 spiro atoms. The highest BCUT2D eigenvalue weighted by molar-refractivity contribution is 6.05. The minimum absolute atomic E-state index is 0.0461. The van der Waals surface area contributed by atoms with Gasteiger partial charge in [-0.25, -0.2) is 0 Å². The lowest BCUT2D eigenvalue weighted by Gasteiger charge is -2.13. The van der Waals surface area contributed by atoms with E-state index in [1.807, 2.05) is 45.0 Å². The SMILES string of the molecule is Cc1cc(C)c(NC(=O)c2ccc(Cn3nc(C)c([N+](=O)[O-])c3C)cc2)c(C)c1. The van der Waals surface area contributed by atoms with E-state index in [0.29, 0.717) is 23.5 Å². The smallest absolute Gasteiger partial charge is 0.312 e. The molecule has 0 unspecified atom stereocenters. The molecule has 150 valence electrons. The lowest BCUT2D eigenvalue weighted by Crippen LogP contribution is -2.14. The maximum atomic E-state index is 12.6. The summed E-state index contributed by atoms with van der Waals surface area (Å²) < 4.78 is 1.61. The summed E-state index contributed by atoms with van der Waals surface area (Å²) in [7, 11) is 0. The Bertz CT molecular complexity index is 1070.